The highest BCUT2D eigenvalue weighted by Gasteiger charge is 2.11. The van der Waals surface area contributed by atoms with E-state index >= 15 is 0 Å². The summed E-state index contributed by atoms with van der Waals surface area (Å²) in [4.78, 5) is 12.6. The van der Waals surface area contributed by atoms with Crippen LogP contribution in [0.5, 0.6) is 0 Å². The molecule has 4 rings (SSSR count). The van der Waals surface area contributed by atoms with E-state index in [0.717, 1.165) is 27.6 Å². The van der Waals surface area contributed by atoms with Crippen molar-refractivity contribution < 1.29 is 14.3 Å². The molecule has 0 saturated carbocycles. The first-order chi connectivity index (χ1) is 14.5. The topological polar surface area (TPSA) is 74.5 Å². The third kappa shape index (κ3) is 4.25. The van der Waals surface area contributed by atoms with E-state index in [-0.39, 0.29) is 17.6 Å². The van der Waals surface area contributed by atoms with Crippen LogP contribution >= 0.6 is 12.2 Å². The van der Waals surface area contributed by atoms with E-state index in [1.165, 1.54) is 0 Å². The molecule has 1 amide bonds. The molecule has 0 radical (unpaired) electrons. The number of furan rings is 1. The molecule has 150 valence electrons. The molecule has 0 fully saturated rings. The van der Waals surface area contributed by atoms with Crippen LogP contribution < -0.4 is 10.6 Å². The highest BCUT2D eigenvalue weighted by atomic mass is 32.1. The van der Waals surface area contributed by atoms with Gasteiger partial charge in [0.15, 0.2) is 5.11 Å². The van der Waals surface area contributed by atoms with Crippen molar-refractivity contribution in [2.24, 2.45) is 0 Å². The highest BCUT2D eigenvalue weighted by molar-refractivity contribution is 7.80. The maximum absolute atomic E-state index is 12.6. The van der Waals surface area contributed by atoms with Gasteiger partial charge in [0.1, 0.15) is 18.1 Å². The summed E-state index contributed by atoms with van der Waals surface area (Å²) < 4.78 is 5.60. The van der Waals surface area contributed by atoms with Gasteiger partial charge in [-0.15, -0.1) is 0 Å². The largest absolute Gasteiger partial charge is 0.459 e. The Morgan fingerprint density at radius 3 is 2.57 bits per heavy atom. The van der Waals surface area contributed by atoms with Crippen LogP contribution in [0, 0.1) is 6.92 Å². The SMILES string of the molecule is Cc1ccc(-c2ccc(CO)o2)cc1NC(=S)NC(=O)c1ccc2ccccc2c1. The van der Waals surface area contributed by atoms with Gasteiger partial charge in [-0.3, -0.25) is 10.1 Å². The van der Waals surface area contributed by atoms with E-state index in [0.29, 0.717) is 17.1 Å². The molecule has 3 N–H and O–H groups in total. The first-order valence-electron chi connectivity index (χ1n) is 9.45. The number of aryl methyl sites for hydroxylation is 1. The molecule has 30 heavy (non-hydrogen) atoms. The first-order valence-corrected chi connectivity index (χ1v) is 9.86. The molecule has 1 aromatic heterocycles. The Morgan fingerprint density at radius 1 is 1.00 bits per heavy atom. The molecule has 0 spiro atoms. The lowest BCUT2D eigenvalue weighted by Crippen LogP contribution is -2.34. The molecule has 0 aliphatic carbocycles. The Hall–Kier alpha value is -3.48. The molecule has 4 aromatic rings. The molecular formula is C24H20N2O3S. The quantitative estimate of drug-likeness (QED) is 0.407. The third-order valence-corrected chi connectivity index (χ3v) is 5.03. The number of amides is 1. The fraction of sp³-hybridized carbons (Fsp3) is 0.0833. The van der Waals surface area contributed by atoms with E-state index in [2.05, 4.69) is 10.6 Å². The second-order valence-corrected chi connectivity index (χ2v) is 7.33. The number of carbonyl (C=O) groups excluding carboxylic acids is 1. The van der Waals surface area contributed by atoms with Gasteiger partial charge >= 0.3 is 0 Å². The van der Waals surface area contributed by atoms with Crippen molar-refractivity contribution in [1.82, 2.24) is 5.32 Å². The first kappa shape index (κ1) is 19.8. The number of carbonyl (C=O) groups is 1. The van der Waals surface area contributed by atoms with Crippen molar-refractivity contribution in [2.75, 3.05) is 5.32 Å². The van der Waals surface area contributed by atoms with Crippen LogP contribution in [0.1, 0.15) is 21.7 Å². The number of nitrogens with one attached hydrogen (secondary N) is 2. The predicted molar refractivity (Wildman–Crippen MR) is 122 cm³/mol. The second-order valence-electron chi connectivity index (χ2n) is 6.92. The Labute approximate surface area is 179 Å². The Balaban J connectivity index is 1.48. The van der Waals surface area contributed by atoms with Gasteiger partial charge in [-0.1, -0.05) is 42.5 Å². The summed E-state index contributed by atoms with van der Waals surface area (Å²) in [7, 11) is 0. The van der Waals surface area contributed by atoms with Crippen molar-refractivity contribution in [2.45, 2.75) is 13.5 Å². The minimum atomic E-state index is -0.273. The van der Waals surface area contributed by atoms with Crippen molar-refractivity contribution in [3.8, 4) is 11.3 Å². The van der Waals surface area contributed by atoms with Crippen LogP contribution in [0.2, 0.25) is 0 Å². The number of hydrogen-bond acceptors (Lipinski definition) is 4. The monoisotopic (exact) mass is 416 g/mol. The van der Waals surface area contributed by atoms with Gasteiger partial charge in [-0.2, -0.15) is 0 Å². The number of anilines is 1. The Bertz CT molecular complexity index is 1250. The van der Waals surface area contributed by atoms with Crippen LogP contribution in [-0.4, -0.2) is 16.1 Å². The lowest BCUT2D eigenvalue weighted by Gasteiger charge is -2.13. The molecule has 0 aliphatic rings. The van der Waals surface area contributed by atoms with Gasteiger partial charge in [0, 0.05) is 16.8 Å². The van der Waals surface area contributed by atoms with Gasteiger partial charge in [-0.05, 0) is 65.8 Å². The number of rotatable bonds is 4. The molecule has 0 aliphatic heterocycles. The van der Waals surface area contributed by atoms with Crippen molar-refractivity contribution in [3.05, 3.63) is 89.7 Å². The fourth-order valence-corrected chi connectivity index (χ4v) is 3.39. The van der Waals surface area contributed by atoms with Gasteiger partial charge in [0.05, 0.1) is 0 Å². The molecule has 0 unspecified atom stereocenters. The third-order valence-electron chi connectivity index (χ3n) is 4.83. The molecule has 0 bridgehead atoms. The Morgan fingerprint density at radius 2 is 1.80 bits per heavy atom. The average Bonchev–Trinajstić information content (AvgIpc) is 3.24. The summed E-state index contributed by atoms with van der Waals surface area (Å²) in [6.07, 6.45) is 0. The van der Waals surface area contributed by atoms with E-state index in [9.17, 15) is 9.90 Å². The zero-order chi connectivity index (χ0) is 21.1. The summed E-state index contributed by atoms with van der Waals surface area (Å²) >= 11 is 5.35. The lowest BCUT2D eigenvalue weighted by molar-refractivity contribution is 0.0978. The maximum Gasteiger partial charge on any atom is 0.257 e. The maximum atomic E-state index is 12.6. The summed E-state index contributed by atoms with van der Waals surface area (Å²) in [6, 6.07) is 22.7. The Kier molecular flexibility index (Phi) is 5.61. The summed E-state index contributed by atoms with van der Waals surface area (Å²) in [5.74, 6) is 0.872. The number of hydrogen-bond donors (Lipinski definition) is 3. The van der Waals surface area contributed by atoms with Crippen LogP contribution in [0.25, 0.3) is 22.1 Å². The van der Waals surface area contributed by atoms with Gasteiger partial charge in [0.2, 0.25) is 0 Å². The van der Waals surface area contributed by atoms with Crippen LogP contribution in [0.4, 0.5) is 5.69 Å². The van der Waals surface area contributed by atoms with Crippen molar-refractivity contribution in [1.29, 1.82) is 0 Å². The fourth-order valence-electron chi connectivity index (χ4n) is 3.19. The smallest absolute Gasteiger partial charge is 0.257 e. The number of aliphatic hydroxyl groups is 1. The lowest BCUT2D eigenvalue weighted by atomic mass is 10.1. The second kappa shape index (κ2) is 8.49. The van der Waals surface area contributed by atoms with Gasteiger partial charge < -0.3 is 14.8 Å². The summed E-state index contributed by atoms with van der Waals surface area (Å²) in [5.41, 5.74) is 3.11. The molecule has 6 heteroatoms. The van der Waals surface area contributed by atoms with E-state index < -0.39 is 0 Å². The molecule has 3 aromatic carbocycles. The number of fused-ring (bicyclic) bond motifs is 1. The predicted octanol–water partition coefficient (Wildman–Crippen LogP) is 5.03. The van der Waals surface area contributed by atoms with E-state index in [4.69, 9.17) is 16.6 Å². The van der Waals surface area contributed by atoms with Crippen molar-refractivity contribution in [3.63, 3.8) is 0 Å². The van der Waals surface area contributed by atoms with Crippen LogP contribution in [0.15, 0.2) is 77.2 Å². The van der Waals surface area contributed by atoms with E-state index in [1.54, 1.807) is 18.2 Å². The van der Waals surface area contributed by atoms with E-state index in [1.807, 2.05) is 61.5 Å². The number of benzene rings is 3. The summed E-state index contributed by atoms with van der Waals surface area (Å²) in [5, 5.41) is 17.3. The normalized spacial score (nSPS) is 10.7. The van der Waals surface area contributed by atoms with Gasteiger partial charge in [-0.25, -0.2) is 0 Å². The molecule has 0 atom stereocenters. The van der Waals surface area contributed by atoms with Crippen molar-refractivity contribution >= 4 is 39.7 Å². The molecule has 1 heterocycles. The number of aliphatic hydroxyl groups excluding tert-OH is 1. The van der Waals surface area contributed by atoms with Crippen LogP contribution in [0.3, 0.4) is 0 Å². The highest BCUT2D eigenvalue weighted by Crippen LogP contribution is 2.27. The number of thiocarbonyl (C=S) groups is 1. The molecule has 0 saturated heterocycles. The molecule has 5 nitrogen and oxygen atoms in total. The zero-order valence-electron chi connectivity index (χ0n) is 16.3. The standard InChI is InChI=1S/C24H20N2O3S/c1-15-6-7-18(22-11-10-20(14-27)29-22)13-21(15)25-24(30)26-23(28)19-9-8-16-4-2-3-5-17(16)12-19/h2-13,27H,14H2,1H3,(H2,25,26,28,30). The zero-order valence-corrected chi connectivity index (χ0v) is 17.1. The molecular weight excluding hydrogens is 396 g/mol. The minimum Gasteiger partial charge on any atom is -0.459 e. The van der Waals surface area contributed by atoms with Gasteiger partial charge in [0.25, 0.3) is 5.91 Å². The minimum absolute atomic E-state index is 0.151. The van der Waals surface area contributed by atoms with Crippen LogP contribution in [-0.2, 0) is 6.61 Å². The average molecular weight is 417 g/mol. The summed E-state index contributed by atoms with van der Waals surface area (Å²) in [6.45, 7) is 1.79.